The number of carbonyl (C=O) groups excluding carboxylic acids is 2. The molecular weight excluding hydrogens is 256 g/mol. The molecule has 0 radical (unpaired) electrons. The summed E-state index contributed by atoms with van der Waals surface area (Å²) in [5.41, 5.74) is 0. The summed E-state index contributed by atoms with van der Waals surface area (Å²) in [5, 5.41) is 11.8. The van der Waals surface area contributed by atoms with Crippen molar-refractivity contribution < 1.29 is 14.7 Å². The molecule has 2 rings (SSSR count). The minimum atomic E-state index is -0.0622. The monoisotopic (exact) mass is 282 g/mol. The minimum absolute atomic E-state index is 0.0584. The quantitative estimate of drug-likeness (QED) is 0.756. The first-order valence-electron chi connectivity index (χ1n) is 7.79. The smallest absolute Gasteiger partial charge is 0.225 e. The molecule has 0 aromatic heterocycles. The Morgan fingerprint density at radius 1 is 1.30 bits per heavy atom. The van der Waals surface area contributed by atoms with Gasteiger partial charge in [0.25, 0.3) is 0 Å². The normalized spacial score (nSPS) is 24.3. The van der Waals surface area contributed by atoms with E-state index in [4.69, 9.17) is 5.11 Å². The lowest BCUT2D eigenvalue weighted by atomic mass is 9.96. The standard InChI is InChI=1S/C15H26N2O3/c1-11(6-8-18)9-16-14(19)13-3-2-7-17(10-13)15(20)12-4-5-12/h11-13,18H,2-10H2,1H3,(H,16,19). The molecule has 1 saturated carbocycles. The van der Waals surface area contributed by atoms with Gasteiger partial charge in [0.05, 0.1) is 5.92 Å². The molecule has 2 atom stereocenters. The Bertz CT molecular complexity index is 355. The zero-order valence-electron chi connectivity index (χ0n) is 12.3. The summed E-state index contributed by atoms with van der Waals surface area (Å²) >= 11 is 0. The van der Waals surface area contributed by atoms with E-state index in [0.29, 0.717) is 19.5 Å². The zero-order valence-corrected chi connectivity index (χ0v) is 12.3. The lowest BCUT2D eigenvalue weighted by molar-refractivity contribution is -0.136. The fourth-order valence-corrected chi connectivity index (χ4v) is 2.72. The predicted octanol–water partition coefficient (Wildman–Crippen LogP) is 0.770. The number of nitrogens with one attached hydrogen (secondary N) is 1. The topological polar surface area (TPSA) is 69.6 Å². The van der Waals surface area contributed by atoms with Crippen molar-refractivity contribution in [2.75, 3.05) is 26.2 Å². The highest BCUT2D eigenvalue weighted by Gasteiger charge is 2.36. The van der Waals surface area contributed by atoms with Gasteiger partial charge in [0.15, 0.2) is 0 Å². The van der Waals surface area contributed by atoms with Crippen molar-refractivity contribution in [1.29, 1.82) is 0 Å². The van der Waals surface area contributed by atoms with Crippen molar-refractivity contribution in [3.8, 4) is 0 Å². The largest absolute Gasteiger partial charge is 0.396 e. The van der Waals surface area contributed by atoms with Gasteiger partial charge in [0.1, 0.15) is 0 Å². The maximum atomic E-state index is 12.1. The lowest BCUT2D eigenvalue weighted by Crippen LogP contribution is -2.46. The van der Waals surface area contributed by atoms with E-state index in [0.717, 1.165) is 32.2 Å². The van der Waals surface area contributed by atoms with Crippen LogP contribution in [0.1, 0.15) is 39.0 Å². The molecule has 2 unspecified atom stereocenters. The maximum Gasteiger partial charge on any atom is 0.225 e. The van der Waals surface area contributed by atoms with Gasteiger partial charge in [-0.2, -0.15) is 0 Å². The summed E-state index contributed by atoms with van der Waals surface area (Å²) in [5.74, 6) is 0.769. The van der Waals surface area contributed by atoms with E-state index in [1.165, 1.54) is 0 Å². The summed E-state index contributed by atoms with van der Waals surface area (Å²) in [6, 6.07) is 0. The van der Waals surface area contributed by atoms with Crippen molar-refractivity contribution in [2.24, 2.45) is 17.8 Å². The van der Waals surface area contributed by atoms with Crippen LogP contribution >= 0.6 is 0 Å². The first-order valence-corrected chi connectivity index (χ1v) is 7.79. The molecule has 20 heavy (non-hydrogen) atoms. The van der Waals surface area contributed by atoms with E-state index in [2.05, 4.69) is 5.32 Å². The van der Waals surface area contributed by atoms with Crippen molar-refractivity contribution in [3.05, 3.63) is 0 Å². The highest BCUT2D eigenvalue weighted by molar-refractivity contribution is 5.83. The minimum Gasteiger partial charge on any atom is -0.396 e. The van der Waals surface area contributed by atoms with Crippen LogP contribution in [-0.4, -0.2) is 48.1 Å². The van der Waals surface area contributed by atoms with Crippen LogP contribution in [0.15, 0.2) is 0 Å². The Labute approximate surface area is 120 Å². The van der Waals surface area contributed by atoms with E-state index in [1.54, 1.807) is 0 Å². The second kappa shape index (κ2) is 7.07. The number of nitrogens with zero attached hydrogens (tertiary/aromatic N) is 1. The number of aliphatic hydroxyl groups is 1. The van der Waals surface area contributed by atoms with Crippen LogP contribution in [0, 0.1) is 17.8 Å². The highest BCUT2D eigenvalue weighted by atomic mass is 16.3. The summed E-state index contributed by atoms with van der Waals surface area (Å²) in [4.78, 5) is 26.1. The van der Waals surface area contributed by atoms with Crippen LogP contribution in [-0.2, 0) is 9.59 Å². The van der Waals surface area contributed by atoms with Gasteiger partial charge in [-0.25, -0.2) is 0 Å². The number of aliphatic hydroxyl groups excluding tert-OH is 1. The van der Waals surface area contributed by atoms with Gasteiger partial charge in [-0.15, -0.1) is 0 Å². The Hall–Kier alpha value is -1.10. The molecule has 2 amide bonds. The fourth-order valence-electron chi connectivity index (χ4n) is 2.72. The summed E-state index contributed by atoms with van der Waals surface area (Å²) in [6.07, 6.45) is 4.53. The van der Waals surface area contributed by atoms with Crippen molar-refractivity contribution in [3.63, 3.8) is 0 Å². The molecule has 2 aliphatic rings. The summed E-state index contributed by atoms with van der Waals surface area (Å²) in [7, 11) is 0. The molecule has 5 nitrogen and oxygen atoms in total. The van der Waals surface area contributed by atoms with E-state index >= 15 is 0 Å². The number of hydrogen-bond acceptors (Lipinski definition) is 3. The molecule has 114 valence electrons. The third-order valence-corrected chi connectivity index (χ3v) is 4.28. The Morgan fingerprint density at radius 3 is 2.70 bits per heavy atom. The molecule has 2 N–H and O–H groups in total. The van der Waals surface area contributed by atoms with E-state index in [-0.39, 0.29) is 36.2 Å². The van der Waals surface area contributed by atoms with Gasteiger partial charge in [0, 0.05) is 32.2 Å². The first kappa shape index (κ1) is 15.3. The SMILES string of the molecule is CC(CCO)CNC(=O)C1CCCN(C(=O)C2CC2)C1. The van der Waals surface area contributed by atoms with Crippen molar-refractivity contribution in [1.82, 2.24) is 10.2 Å². The predicted molar refractivity (Wildman–Crippen MR) is 75.9 cm³/mol. The number of hydrogen-bond donors (Lipinski definition) is 2. The third-order valence-electron chi connectivity index (χ3n) is 4.28. The average Bonchev–Trinajstić information content (AvgIpc) is 3.29. The number of carbonyl (C=O) groups is 2. The number of amides is 2. The van der Waals surface area contributed by atoms with Crippen LogP contribution in [0.25, 0.3) is 0 Å². The maximum absolute atomic E-state index is 12.1. The average molecular weight is 282 g/mol. The zero-order chi connectivity index (χ0) is 14.5. The van der Waals surface area contributed by atoms with E-state index < -0.39 is 0 Å². The van der Waals surface area contributed by atoms with Gasteiger partial charge in [-0.1, -0.05) is 6.92 Å². The highest BCUT2D eigenvalue weighted by Crippen LogP contribution is 2.32. The molecule has 1 saturated heterocycles. The first-order chi connectivity index (χ1) is 9.61. The van der Waals surface area contributed by atoms with Crippen molar-refractivity contribution >= 4 is 11.8 Å². The van der Waals surface area contributed by atoms with Crippen molar-refractivity contribution in [2.45, 2.75) is 39.0 Å². The number of piperidine rings is 1. The molecule has 5 heteroatoms. The molecule has 1 heterocycles. The van der Waals surface area contributed by atoms with Crippen LogP contribution in [0.4, 0.5) is 0 Å². The van der Waals surface area contributed by atoms with Crippen LogP contribution in [0.2, 0.25) is 0 Å². The second-order valence-corrected chi connectivity index (χ2v) is 6.26. The molecule has 1 aliphatic carbocycles. The molecular formula is C15H26N2O3. The molecule has 0 spiro atoms. The second-order valence-electron chi connectivity index (χ2n) is 6.26. The molecule has 2 fully saturated rings. The summed E-state index contributed by atoms with van der Waals surface area (Å²) < 4.78 is 0. The lowest BCUT2D eigenvalue weighted by Gasteiger charge is -2.32. The number of likely N-dealkylation sites (tertiary alicyclic amines) is 1. The van der Waals surface area contributed by atoms with E-state index in [1.807, 2.05) is 11.8 Å². The van der Waals surface area contributed by atoms with E-state index in [9.17, 15) is 9.59 Å². The number of rotatable bonds is 6. The van der Waals surface area contributed by atoms with Gasteiger partial charge in [-0.05, 0) is 38.0 Å². The Balaban J connectivity index is 1.76. The Kier molecular flexibility index (Phi) is 5.40. The van der Waals surface area contributed by atoms with Crippen LogP contribution in [0.5, 0.6) is 0 Å². The van der Waals surface area contributed by atoms with Gasteiger partial charge in [-0.3, -0.25) is 9.59 Å². The molecule has 0 aromatic carbocycles. The fraction of sp³-hybridized carbons (Fsp3) is 0.867. The van der Waals surface area contributed by atoms with Gasteiger partial charge >= 0.3 is 0 Å². The molecule has 1 aliphatic heterocycles. The Morgan fingerprint density at radius 2 is 2.05 bits per heavy atom. The molecule has 0 aromatic rings. The third kappa shape index (κ3) is 4.20. The molecule has 0 bridgehead atoms. The van der Waals surface area contributed by atoms with Crippen LogP contribution in [0.3, 0.4) is 0 Å². The summed E-state index contributed by atoms with van der Waals surface area (Å²) in [6.45, 7) is 4.16. The van der Waals surface area contributed by atoms with Crippen LogP contribution < -0.4 is 5.32 Å². The van der Waals surface area contributed by atoms with Gasteiger partial charge in [0.2, 0.25) is 11.8 Å². The van der Waals surface area contributed by atoms with Gasteiger partial charge < -0.3 is 15.3 Å².